The summed E-state index contributed by atoms with van der Waals surface area (Å²) in [5.74, 6) is 1.04. The third-order valence-corrected chi connectivity index (χ3v) is 8.89. The molecule has 0 aromatic carbocycles. The fraction of sp³-hybridized carbons (Fsp3) is 0.923. The number of carbonyl (C=O) groups is 3. The van der Waals surface area contributed by atoms with Crippen LogP contribution in [0.2, 0.25) is 0 Å². The molecule has 0 heterocycles. The van der Waals surface area contributed by atoms with Gasteiger partial charge in [0, 0.05) is 25.7 Å². The lowest BCUT2D eigenvalue weighted by molar-refractivity contribution is -0.144. The molecule has 260 valence electrons. The second-order valence-corrected chi connectivity index (χ2v) is 13.3. The second kappa shape index (κ2) is 34.5. The Morgan fingerprint density at radius 2 is 0.727 bits per heavy atom. The molecular formula is C39H74O5. The highest BCUT2D eigenvalue weighted by molar-refractivity contribution is 5.78. The van der Waals surface area contributed by atoms with Crippen molar-refractivity contribution in [3.8, 4) is 0 Å². The molecule has 0 spiro atoms. The molecule has 0 bridgehead atoms. The van der Waals surface area contributed by atoms with Crippen LogP contribution in [0.5, 0.6) is 0 Å². The first-order valence-electron chi connectivity index (χ1n) is 19.4. The Morgan fingerprint density at radius 3 is 1.20 bits per heavy atom. The van der Waals surface area contributed by atoms with Crippen molar-refractivity contribution in [2.45, 2.75) is 213 Å². The molecule has 0 aliphatic carbocycles. The van der Waals surface area contributed by atoms with Crippen LogP contribution in [-0.4, -0.2) is 30.9 Å². The van der Waals surface area contributed by atoms with Crippen molar-refractivity contribution in [1.29, 1.82) is 0 Å². The van der Waals surface area contributed by atoms with Crippen molar-refractivity contribution in [2.24, 2.45) is 5.92 Å². The number of hydrogen-bond donors (Lipinski definition) is 0. The largest absolute Gasteiger partial charge is 0.466 e. The van der Waals surface area contributed by atoms with Crippen LogP contribution in [0.1, 0.15) is 213 Å². The summed E-state index contributed by atoms with van der Waals surface area (Å²) in [6.45, 7) is 7.90. The maximum absolute atomic E-state index is 12.2. The summed E-state index contributed by atoms with van der Waals surface area (Å²) in [6.07, 6.45) is 32.5. The highest BCUT2D eigenvalue weighted by Crippen LogP contribution is 2.22. The fourth-order valence-electron chi connectivity index (χ4n) is 5.90. The van der Waals surface area contributed by atoms with Gasteiger partial charge in [-0.25, -0.2) is 0 Å². The first kappa shape index (κ1) is 42.6. The van der Waals surface area contributed by atoms with Gasteiger partial charge in [0.15, 0.2) is 0 Å². The quantitative estimate of drug-likeness (QED) is 0.0519. The number of esters is 2. The molecule has 0 unspecified atom stereocenters. The average molecular weight is 623 g/mol. The lowest BCUT2D eigenvalue weighted by Gasteiger charge is -2.16. The van der Waals surface area contributed by atoms with Gasteiger partial charge in [0.1, 0.15) is 5.78 Å². The zero-order valence-electron chi connectivity index (χ0n) is 29.7. The number of ether oxygens (including phenoxy) is 2. The summed E-state index contributed by atoms with van der Waals surface area (Å²) in [5, 5.41) is 0. The van der Waals surface area contributed by atoms with E-state index in [1.165, 1.54) is 89.9 Å². The fourth-order valence-corrected chi connectivity index (χ4v) is 5.90. The Morgan fingerprint density at radius 1 is 0.386 bits per heavy atom. The summed E-state index contributed by atoms with van der Waals surface area (Å²) in [6, 6.07) is 0. The maximum Gasteiger partial charge on any atom is 0.305 e. The van der Waals surface area contributed by atoms with Crippen molar-refractivity contribution < 1.29 is 23.9 Å². The van der Waals surface area contributed by atoms with Gasteiger partial charge in [-0.3, -0.25) is 14.4 Å². The first-order valence-corrected chi connectivity index (χ1v) is 19.4. The second-order valence-electron chi connectivity index (χ2n) is 13.3. The summed E-state index contributed by atoms with van der Waals surface area (Å²) >= 11 is 0. The average Bonchev–Trinajstić information content (AvgIpc) is 3.02. The topological polar surface area (TPSA) is 69.7 Å². The molecule has 0 fully saturated rings. The van der Waals surface area contributed by atoms with Crippen molar-refractivity contribution in [2.75, 3.05) is 13.2 Å². The van der Waals surface area contributed by atoms with E-state index in [2.05, 4.69) is 20.8 Å². The number of carbonyl (C=O) groups excluding carboxylic acids is 3. The predicted octanol–water partition coefficient (Wildman–Crippen LogP) is 12.0. The highest BCUT2D eigenvalue weighted by atomic mass is 16.5. The Hall–Kier alpha value is -1.39. The Labute approximate surface area is 273 Å². The molecule has 5 nitrogen and oxygen atoms in total. The van der Waals surface area contributed by atoms with E-state index >= 15 is 0 Å². The molecule has 0 radical (unpaired) electrons. The Kier molecular flexibility index (Phi) is 33.4. The van der Waals surface area contributed by atoms with Crippen molar-refractivity contribution in [1.82, 2.24) is 0 Å². The van der Waals surface area contributed by atoms with E-state index in [1.54, 1.807) is 0 Å². The molecule has 0 saturated carbocycles. The third-order valence-electron chi connectivity index (χ3n) is 8.89. The molecular weight excluding hydrogens is 548 g/mol. The van der Waals surface area contributed by atoms with Gasteiger partial charge in [-0.1, -0.05) is 143 Å². The Bertz CT molecular complexity index is 638. The van der Waals surface area contributed by atoms with E-state index in [0.29, 0.717) is 44.7 Å². The van der Waals surface area contributed by atoms with Gasteiger partial charge in [0.2, 0.25) is 0 Å². The molecule has 0 atom stereocenters. The van der Waals surface area contributed by atoms with Crippen LogP contribution in [0.25, 0.3) is 0 Å². The van der Waals surface area contributed by atoms with Gasteiger partial charge in [0.05, 0.1) is 13.2 Å². The number of unbranched alkanes of at least 4 members (excludes halogenated alkanes) is 17. The van der Waals surface area contributed by atoms with E-state index in [-0.39, 0.29) is 11.9 Å². The SMILES string of the molecule is CCCCCCCCCCCOC(=O)CCCCCC(=O)CCCCCCCC(=O)OCCCCC(CCCC)CCCC. The van der Waals surface area contributed by atoms with Crippen LogP contribution in [0.3, 0.4) is 0 Å². The van der Waals surface area contributed by atoms with Gasteiger partial charge < -0.3 is 9.47 Å². The molecule has 0 saturated heterocycles. The van der Waals surface area contributed by atoms with Gasteiger partial charge in [-0.2, -0.15) is 0 Å². The van der Waals surface area contributed by atoms with E-state index in [9.17, 15) is 14.4 Å². The molecule has 0 aromatic heterocycles. The highest BCUT2D eigenvalue weighted by Gasteiger charge is 2.09. The van der Waals surface area contributed by atoms with Crippen molar-refractivity contribution >= 4 is 17.7 Å². The molecule has 5 heteroatoms. The van der Waals surface area contributed by atoms with Crippen LogP contribution >= 0.6 is 0 Å². The standard InChI is InChI=1S/C39H74O5/c1-4-7-10-11-12-13-14-18-25-34-43-39(42)33-23-19-21-31-37(40)30-20-16-15-17-22-32-38(41)44-35-26-24-29-36(27-8-5-2)28-9-6-3/h36H,4-35H2,1-3H3. The normalized spacial score (nSPS) is 11.3. The Balaban J connectivity index is 3.48. The number of Topliss-reactive ketones (excluding diaryl/α,β-unsaturated/α-hetero) is 1. The summed E-state index contributed by atoms with van der Waals surface area (Å²) in [5.41, 5.74) is 0. The van der Waals surface area contributed by atoms with Crippen molar-refractivity contribution in [3.05, 3.63) is 0 Å². The lowest BCUT2D eigenvalue weighted by Crippen LogP contribution is -2.07. The lowest BCUT2D eigenvalue weighted by atomic mass is 9.91. The molecule has 0 N–H and O–H groups in total. The van der Waals surface area contributed by atoms with Crippen LogP contribution < -0.4 is 0 Å². The zero-order valence-corrected chi connectivity index (χ0v) is 29.7. The van der Waals surface area contributed by atoms with E-state index in [4.69, 9.17) is 9.47 Å². The van der Waals surface area contributed by atoms with E-state index in [0.717, 1.165) is 83.0 Å². The van der Waals surface area contributed by atoms with Gasteiger partial charge in [-0.15, -0.1) is 0 Å². The molecule has 0 aliphatic rings. The minimum atomic E-state index is -0.0897. The van der Waals surface area contributed by atoms with E-state index < -0.39 is 0 Å². The summed E-state index contributed by atoms with van der Waals surface area (Å²) < 4.78 is 10.8. The minimum Gasteiger partial charge on any atom is -0.466 e. The maximum atomic E-state index is 12.2. The number of ketones is 1. The number of rotatable bonds is 35. The summed E-state index contributed by atoms with van der Waals surface area (Å²) in [4.78, 5) is 36.1. The van der Waals surface area contributed by atoms with Crippen LogP contribution in [0, 0.1) is 5.92 Å². The van der Waals surface area contributed by atoms with Gasteiger partial charge in [0.25, 0.3) is 0 Å². The van der Waals surface area contributed by atoms with Gasteiger partial charge >= 0.3 is 11.9 Å². The third kappa shape index (κ3) is 32.0. The number of hydrogen-bond acceptors (Lipinski definition) is 5. The van der Waals surface area contributed by atoms with Gasteiger partial charge in [-0.05, 0) is 50.9 Å². The molecule has 0 aliphatic heterocycles. The summed E-state index contributed by atoms with van der Waals surface area (Å²) in [7, 11) is 0. The monoisotopic (exact) mass is 623 g/mol. The smallest absolute Gasteiger partial charge is 0.305 e. The molecule has 0 amide bonds. The zero-order chi connectivity index (χ0) is 32.4. The van der Waals surface area contributed by atoms with Crippen LogP contribution in [0.4, 0.5) is 0 Å². The molecule has 44 heavy (non-hydrogen) atoms. The molecule has 0 aromatic rings. The molecule has 0 rings (SSSR count). The van der Waals surface area contributed by atoms with Crippen molar-refractivity contribution in [3.63, 3.8) is 0 Å². The minimum absolute atomic E-state index is 0.0549. The first-order chi connectivity index (χ1) is 21.5. The predicted molar refractivity (Wildman–Crippen MR) is 186 cm³/mol. The van der Waals surface area contributed by atoms with E-state index in [1.807, 2.05) is 0 Å². The van der Waals surface area contributed by atoms with Crippen LogP contribution in [0.15, 0.2) is 0 Å². The van der Waals surface area contributed by atoms with Crippen LogP contribution in [-0.2, 0) is 23.9 Å².